The highest BCUT2D eigenvalue weighted by molar-refractivity contribution is 5.96. The number of carbonyl (C=O) groups excluding carboxylic acids is 1. The van der Waals surface area contributed by atoms with Gasteiger partial charge in [0.25, 0.3) is 0 Å². The molecule has 0 heterocycles. The molecule has 4 heteroatoms. The molecule has 3 aromatic carbocycles. The first kappa shape index (κ1) is 19.9. The highest BCUT2D eigenvalue weighted by Gasteiger charge is 2.10. The van der Waals surface area contributed by atoms with Crippen LogP contribution < -0.4 is 9.47 Å². The number of fused-ring (bicyclic) bond motifs is 1. The van der Waals surface area contributed by atoms with Crippen LogP contribution >= 0.6 is 0 Å². The topological polar surface area (TPSA) is 44.8 Å². The number of hydrogen-bond donors (Lipinski definition) is 0. The van der Waals surface area contributed by atoms with E-state index in [0.717, 1.165) is 35.1 Å². The quantitative estimate of drug-likeness (QED) is 0.269. The summed E-state index contributed by atoms with van der Waals surface area (Å²) >= 11 is 0. The van der Waals surface area contributed by atoms with Crippen LogP contribution in [-0.4, -0.2) is 19.7 Å². The number of hydrogen-bond acceptors (Lipinski definition) is 4. The van der Waals surface area contributed by atoms with E-state index in [1.165, 1.54) is 12.8 Å². The van der Waals surface area contributed by atoms with E-state index in [2.05, 4.69) is 6.92 Å². The van der Waals surface area contributed by atoms with E-state index >= 15 is 0 Å². The molecule has 0 aliphatic heterocycles. The Bertz CT molecular complexity index is 916. The summed E-state index contributed by atoms with van der Waals surface area (Å²) < 4.78 is 16.4. The Balaban J connectivity index is 1.66. The molecule has 0 N–H and O–H groups in total. The molecule has 0 aliphatic rings. The molecule has 28 heavy (non-hydrogen) atoms. The minimum atomic E-state index is -0.374. The van der Waals surface area contributed by atoms with Crippen LogP contribution in [0.3, 0.4) is 0 Å². The van der Waals surface area contributed by atoms with Crippen LogP contribution in [0.1, 0.15) is 42.1 Å². The van der Waals surface area contributed by atoms with Crippen molar-refractivity contribution in [3.8, 4) is 11.5 Å². The minimum Gasteiger partial charge on any atom is -0.494 e. The fourth-order valence-electron chi connectivity index (χ4n) is 2.97. The van der Waals surface area contributed by atoms with Gasteiger partial charge in [0.2, 0.25) is 0 Å². The van der Waals surface area contributed by atoms with E-state index in [9.17, 15) is 4.79 Å². The van der Waals surface area contributed by atoms with Gasteiger partial charge in [-0.25, -0.2) is 4.79 Å². The van der Waals surface area contributed by atoms with Crippen molar-refractivity contribution >= 4 is 16.7 Å². The van der Waals surface area contributed by atoms with Gasteiger partial charge in [0, 0.05) is 7.11 Å². The average molecular weight is 378 g/mol. The lowest BCUT2D eigenvalue weighted by Gasteiger charge is -2.09. The van der Waals surface area contributed by atoms with Crippen LogP contribution in [0.4, 0.5) is 0 Å². The Morgan fingerprint density at radius 3 is 2.32 bits per heavy atom. The number of esters is 1. The van der Waals surface area contributed by atoms with Gasteiger partial charge in [-0.3, -0.25) is 0 Å². The van der Waals surface area contributed by atoms with Crippen LogP contribution in [-0.2, 0) is 11.3 Å². The Morgan fingerprint density at radius 1 is 0.857 bits per heavy atom. The summed E-state index contributed by atoms with van der Waals surface area (Å²) in [5.41, 5.74) is 1.55. The average Bonchev–Trinajstić information content (AvgIpc) is 2.72. The van der Waals surface area contributed by atoms with Gasteiger partial charge in [-0.2, -0.15) is 0 Å². The Hall–Kier alpha value is -2.85. The fraction of sp³-hybridized carbons (Fsp3) is 0.292. The first-order valence-electron chi connectivity index (χ1n) is 9.66. The second kappa shape index (κ2) is 9.90. The van der Waals surface area contributed by atoms with Crippen molar-refractivity contribution in [3.05, 3.63) is 71.8 Å². The second-order valence-electron chi connectivity index (χ2n) is 6.75. The molecule has 0 aliphatic carbocycles. The minimum absolute atomic E-state index is 0.374. The lowest BCUT2D eigenvalue weighted by molar-refractivity contribution is 0.0735. The standard InChI is InChI=1S/C24H26O4/c1-3-4-5-14-27-23-13-10-19-15-21(9-8-20(19)16-23)24(25)28-22-11-6-18(7-12-22)17-26-2/h6-13,15-16H,3-5,14,17H2,1-2H3. The zero-order valence-electron chi connectivity index (χ0n) is 16.4. The molecule has 0 fully saturated rings. The first-order valence-corrected chi connectivity index (χ1v) is 9.66. The number of benzene rings is 3. The molecule has 0 spiro atoms. The molecule has 0 bridgehead atoms. The smallest absolute Gasteiger partial charge is 0.343 e. The van der Waals surface area contributed by atoms with E-state index in [4.69, 9.17) is 14.2 Å². The molecule has 3 rings (SSSR count). The maximum atomic E-state index is 12.5. The molecule has 0 radical (unpaired) electrons. The van der Waals surface area contributed by atoms with Gasteiger partial charge in [-0.15, -0.1) is 0 Å². The predicted molar refractivity (Wildman–Crippen MR) is 111 cm³/mol. The summed E-state index contributed by atoms with van der Waals surface area (Å²) in [6, 6.07) is 18.8. The zero-order valence-corrected chi connectivity index (χ0v) is 16.4. The van der Waals surface area contributed by atoms with E-state index in [-0.39, 0.29) is 5.97 Å². The predicted octanol–water partition coefficient (Wildman–Crippen LogP) is 5.77. The van der Waals surface area contributed by atoms with Gasteiger partial charge >= 0.3 is 5.97 Å². The maximum absolute atomic E-state index is 12.5. The van der Waals surface area contributed by atoms with E-state index < -0.39 is 0 Å². The van der Waals surface area contributed by atoms with Crippen molar-refractivity contribution in [1.82, 2.24) is 0 Å². The molecule has 0 saturated heterocycles. The van der Waals surface area contributed by atoms with Crippen LogP contribution in [0.25, 0.3) is 10.8 Å². The van der Waals surface area contributed by atoms with E-state index in [1.54, 1.807) is 25.3 Å². The van der Waals surface area contributed by atoms with Crippen molar-refractivity contribution in [3.63, 3.8) is 0 Å². The van der Waals surface area contributed by atoms with Crippen molar-refractivity contribution in [2.24, 2.45) is 0 Å². The molecular weight excluding hydrogens is 352 g/mol. The normalized spacial score (nSPS) is 10.8. The third-order valence-corrected chi connectivity index (χ3v) is 4.51. The van der Waals surface area contributed by atoms with Crippen molar-refractivity contribution in [2.45, 2.75) is 32.8 Å². The van der Waals surface area contributed by atoms with Crippen LogP contribution in [0.5, 0.6) is 11.5 Å². The molecular formula is C24H26O4. The highest BCUT2D eigenvalue weighted by Crippen LogP contribution is 2.23. The lowest BCUT2D eigenvalue weighted by atomic mass is 10.1. The van der Waals surface area contributed by atoms with Gasteiger partial charge in [-0.1, -0.05) is 44.0 Å². The molecule has 0 atom stereocenters. The van der Waals surface area contributed by atoms with E-state index in [1.807, 2.05) is 42.5 Å². The SMILES string of the molecule is CCCCCOc1ccc2cc(C(=O)Oc3ccc(COC)cc3)ccc2c1. The van der Waals surface area contributed by atoms with Crippen LogP contribution in [0, 0.1) is 0 Å². The summed E-state index contributed by atoms with van der Waals surface area (Å²) in [4.78, 5) is 12.5. The lowest BCUT2D eigenvalue weighted by Crippen LogP contribution is -2.08. The molecule has 3 aromatic rings. The van der Waals surface area contributed by atoms with E-state index in [0.29, 0.717) is 17.9 Å². The van der Waals surface area contributed by atoms with Gasteiger partial charge in [0.1, 0.15) is 11.5 Å². The summed E-state index contributed by atoms with van der Waals surface area (Å²) in [6.45, 7) is 3.44. The van der Waals surface area contributed by atoms with Crippen LogP contribution in [0.15, 0.2) is 60.7 Å². The molecule has 146 valence electrons. The second-order valence-corrected chi connectivity index (χ2v) is 6.75. The number of unbranched alkanes of at least 4 members (excludes halogenated alkanes) is 2. The summed E-state index contributed by atoms with van der Waals surface area (Å²) in [6.07, 6.45) is 3.41. The molecule has 4 nitrogen and oxygen atoms in total. The van der Waals surface area contributed by atoms with Crippen molar-refractivity contribution in [2.75, 3.05) is 13.7 Å². The number of rotatable bonds is 9. The largest absolute Gasteiger partial charge is 0.494 e. The Labute approximate surface area is 166 Å². The molecule has 0 amide bonds. The number of carbonyl (C=O) groups is 1. The third kappa shape index (κ3) is 5.33. The van der Waals surface area contributed by atoms with Crippen molar-refractivity contribution in [1.29, 1.82) is 0 Å². The first-order chi connectivity index (χ1) is 13.7. The molecule has 0 aromatic heterocycles. The maximum Gasteiger partial charge on any atom is 0.343 e. The Kier molecular flexibility index (Phi) is 7.04. The summed E-state index contributed by atoms with van der Waals surface area (Å²) in [5.74, 6) is 0.997. The number of ether oxygens (including phenoxy) is 3. The zero-order chi connectivity index (χ0) is 19.8. The van der Waals surface area contributed by atoms with Gasteiger partial charge in [0.05, 0.1) is 18.8 Å². The highest BCUT2D eigenvalue weighted by atomic mass is 16.5. The summed E-state index contributed by atoms with van der Waals surface area (Å²) in [7, 11) is 1.65. The third-order valence-electron chi connectivity index (χ3n) is 4.51. The van der Waals surface area contributed by atoms with Gasteiger partial charge in [-0.05, 0) is 59.2 Å². The van der Waals surface area contributed by atoms with Crippen molar-refractivity contribution < 1.29 is 19.0 Å². The molecule has 0 saturated carbocycles. The van der Waals surface area contributed by atoms with Gasteiger partial charge < -0.3 is 14.2 Å². The Morgan fingerprint density at radius 2 is 1.57 bits per heavy atom. The molecule has 0 unspecified atom stereocenters. The van der Waals surface area contributed by atoms with Gasteiger partial charge in [0.15, 0.2) is 0 Å². The fourth-order valence-corrected chi connectivity index (χ4v) is 2.97. The summed E-state index contributed by atoms with van der Waals surface area (Å²) in [5, 5.41) is 2.01. The number of methoxy groups -OCH3 is 1. The van der Waals surface area contributed by atoms with Crippen LogP contribution in [0.2, 0.25) is 0 Å². The monoisotopic (exact) mass is 378 g/mol.